The lowest BCUT2D eigenvalue weighted by atomic mass is 10.1. The number of Topliss-reactive ketones (excluding diaryl/α,β-unsaturated/α-hetero) is 1. The summed E-state index contributed by atoms with van der Waals surface area (Å²) in [6.07, 6.45) is 0.888. The van der Waals surface area contributed by atoms with Gasteiger partial charge in [0.2, 0.25) is 5.82 Å². The number of aryl methyl sites for hydroxylation is 1. The lowest BCUT2D eigenvalue weighted by molar-refractivity contribution is -0.385. The van der Waals surface area contributed by atoms with E-state index in [2.05, 4.69) is 5.10 Å². The van der Waals surface area contributed by atoms with Crippen molar-refractivity contribution in [2.75, 3.05) is 18.0 Å². The molecule has 1 saturated heterocycles. The minimum absolute atomic E-state index is 0.00762. The van der Waals surface area contributed by atoms with Gasteiger partial charge in [-0.2, -0.15) is 5.10 Å². The summed E-state index contributed by atoms with van der Waals surface area (Å²) >= 11 is 0. The van der Waals surface area contributed by atoms with Crippen molar-refractivity contribution >= 4 is 17.3 Å². The van der Waals surface area contributed by atoms with Gasteiger partial charge in [0.05, 0.1) is 4.92 Å². The molecule has 0 spiro atoms. The normalized spacial score (nSPS) is 16.2. The van der Waals surface area contributed by atoms with Crippen LogP contribution in [0.5, 0.6) is 0 Å². The van der Waals surface area contributed by atoms with Crippen LogP contribution in [-0.2, 0) is 11.8 Å². The highest BCUT2D eigenvalue weighted by Gasteiger charge is 2.33. The molecule has 1 fully saturated rings. The van der Waals surface area contributed by atoms with E-state index in [1.807, 2.05) is 18.7 Å². The Labute approximate surface area is 111 Å². The SMILES string of the molecule is CC(C)c1nn(C)c(N2CCC(=O)CC2)c1[N+](=O)[O-]. The lowest BCUT2D eigenvalue weighted by Crippen LogP contribution is -2.35. The third-order valence-electron chi connectivity index (χ3n) is 3.37. The molecule has 2 heterocycles. The molecular formula is C12H18N4O3. The van der Waals surface area contributed by atoms with Crippen molar-refractivity contribution in [1.29, 1.82) is 0 Å². The Kier molecular flexibility index (Phi) is 3.55. The highest BCUT2D eigenvalue weighted by Crippen LogP contribution is 2.36. The maximum Gasteiger partial charge on any atom is 0.334 e. The second kappa shape index (κ2) is 4.99. The lowest BCUT2D eigenvalue weighted by Gasteiger charge is -2.26. The number of ketones is 1. The number of anilines is 1. The Morgan fingerprint density at radius 1 is 1.32 bits per heavy atom. The average molecular weight is 266 g/mol. The number of carbonyl (C=O) groups excluding carboxylic acids is 1. The van der Waals surface area contributed by atoms with Gasteiger partial charge in [0.25, 0.3) is 0 Å². The molecular weight excluding hydrogens is 248 g/mol. The second-order valence-electron chi connectivity index (χ2n) is 5.12. The van der Waals surface area contributed by atoms with E-state index in [-0.39, 0.29) is 22.3 Å². The zero-order chi connectivity index (χ0) is 14.2. The zero-order valence-electron chi connectivity index (χ0n) is 11.4. The highest BCUT2D eigenvalue weighted by molar-refractivity contribution is 5.81. The molecule has 7 heteroatoms. The summed E-state index contributed by atoms with van der Waals surface area (Å²) in [6, 6.07) is 0. The van der Waals surface area contributed by atoms with Crippen molar-refractivity contribution in [3.05, 3.63) is 15.8 Å². The average Bonchev–Trinajstić information content (AvgIpc) is 2.68. The van der Waals surface area contributed by atoms with Crippen molar-refractivity contribution in [3.63, 3.8) is 0 Å². The zero-order valence-corrected chi connectivity index (χ0v) is 11.4. The number of rotatable bonds is 3. The Morgan fingerprint density at radius 2 is 1.89 bits per heavy atom. The van der Waals surface area contributed by atoms with Gasteiger partial charge in [0, 0.05) is 38.9 Å². The van der Waals surface area contributed by atoms with Crippen molar-refractivity contribution < 1.29 is 9.72 Å². The van der Waals surface area contributed by atoms with E-state index >= 15 is 0 Å². The molecule has 19 heavy (non-hydrogen) atoms. The van der Waals surface area contributed by atoms with Gasteiger partial charge in [0.15, 0.2) is 0 Å². The molecule has 1 aliphatic rings. The number of nitrogens with zero attached hydrogens (tertiary/aromatic N) is 4. The number of hydrogen-bond donors (Lipinski definition) is 0. The first kappa shape index (κ1) is 13.5. The van der Waals surface area contributed by atoms with E-state index in [1.165, 1.54) is 0 Å². The molecule has 7 nitrogen and oxygen atoms in total. The third kappa shape index (κ3) is 2.45. The van der Waals surface area contributed by atoms with E-state index in [1.54, 1.807) is 11.7 Å². The highest BCUT2D eigenvalue weighted by atomic mass is 16.6. The van der Waals surface area contributed by atoms with Crippen molar-refractivity contribution in [3.8, 4) is 0 Å². The van der Waals surface area contributed by atoms with E-state index in [4.69, 9.17) is 0 Å². The quantitative estimate of drug-likeness (QED) is 0.613. The fraction of sp³-hybridized carbons (Fsp3) is 0.667. The van der Waals surface area contributed by atoms with Gasteiger partial charge >= 0.3 is 5.69 Å². The fourth-order valence-electron chi connectivity index (χ4n) is 2.41. The molecule has 0 saturated carbocycles. The first-order valence-electron chi connectivity index (χ1n) is 6.39. The summed E-state index contributed by atoms with van der Waals surface area (Å²) in [6.45, 7) is 4.82. The van der Waals surface area contributed by atoms with E-state index < -0.39 is 0 Å². The maximum absolute atomic E-state index is 11.3. The van der Waals surface area contributed by atoms with Gasteiger partial charge in [-0.25, -0.2) is 4.68 Å². The summed E-state index contributed by atoms with van der Waals surface area (Å²) in [5.41, 5.74) is 0.575. The molecule has 0 aromatic carbocycles. The van der Waals surface area contributed by atoms with E-state index in [9.17, 15) is 14.9 Å². The van der Waals surface area contributed by atoms with Crippen LogP contribution in [0.4, 0.5) is 11.5 Å². The number of piperidine rings is 1. The van der Waals surface area contributed by atoms with Crippen LogP contribution in [-0.4, -0.2) is 33.6 Å². The molecule has 2 rings (SSSR count). The molecule has 104 valence electrons. The molecule has 0 unspecified atom stereocenters. The van der Waals surface area contributed by atoms with Crippen LogP contribution in [0.15, 0.2) is 0 Å². The molecule has 0 radical (unpaired) electrons. The Hall–Kier alpha value is -1.92. The number of carbonyl (C=O) groups is 1. The van der Waals surface area contributed by atoms with Crippen LogP contribution in [0.25, 0.3) is 0 Å². The van der Waals surface area contributed by atoms with Crippen LogP contribution >= 0.6 is 0 Å². The molecule has 0 atom stereocenters. The topological polar surface area (TPSA) is 81.3 Å². The molecule has 1 aromatic rings. The molecule has 1 aromatic heterocycles. The predicted octanol–water partition coefficient (Wildman–Crippen LogP) is 1.62. The first-order valence-corrected chi connectivity index (χ1v) is 6.39. The first-order chi connectivity index (χ1) is 8.91. The largest absolute Gasteiger partial charge is 0.350 e. The van der Waals surface area contributed by atoms with Crippen LogP contribution in [0.1, 0.15) is 38.3 Å². The minimum atomic E-state index is -0.367. The summed E-state index contributed by atoms with van der Waals surface area (Å²) in [5, 5.41) is 15.6. The Morgan fingerprint density at radius 3 is 2.37 bits per heavy atom. The van der Waals surface area contributed by atoms with Crippen LogP contribution < -0.4 is 4.90 Å². The van der Waals surface area contributed by atoms with Gasteiger partial charge in [0.1, 0.15) is 11.5 Å². The molecule has 0 bridgehead atoms. The smallest absolute Gasteiger partial charge is 0.334 e. The van der Waals surface area contributed by atoms with E-state index in [0.29, 0.717) is 37.4 Å². The summed E-state index contributed by atoms with van der Waals surface area (Å²) in [4.78, 5) is 24.1. The predicted molar refractivity (Wildman–Crippen MR) is 70.4 cm³/mol. The van der Waals surface area contributed by atoms with Gasteiger partial charge in [-0.1, -0.05) is 13.8 Å². The summed E-state index contributed by atoms with van der Waals surface area (Å²) in [5.74, 6) is 0.720. The second-order valence-corrected chi connectivity index (χ2v) is 5.12. The van der Waals surface area contributed by atoms with E-state index in [0.717, 1.165) is 0 Å². The minimum Gasteiger partial charge on any atom is -0.350 e. The molecule has 0 amide bonds. The van der Waals surface area contributed by atoms with Gasteiger partial charge in [-0.05, 0) is 0 Å². The monoisotopic (exact) mass is 266 g/mol. The maximum atomic E-state index is 11.3. The van der Waals surface area contributed by atoms with Gasteiger partial charge < -0.3 is 4.90 Å². The number of hydrogen-bond acceptors (Lipinski definition) is 5. The molecule has 0 N–H and O–H groups in total. The summed E-state index contributed by atoms with van der Waals surface area (Å²) in [7, 11) is 1.71. The van der Waals surface area contributed by atoms with Crippen molar-refractivity contribution in [1.82, 2.24) is 9.78 Å². The van der Waals surface area contributed by atoms with Gasteiger partial charge in [-0.15, -0.1) is 0 Å². The molecule has 0 aliphatic carbocycles. The number of nitro groups is 1. The van der Waals surface area contributed by atoms with Crippen molar-refractivity contribution in [2.45, 2.75) is 32.6 Å². The number of aromatic nitrogens is 2. The Bertz CT molecular complexity index is 511. The van der Waals surface area contributed by atoms with Crippen LogP contribution in [0.2, 0.25) is 0 Å². The fourth-order valence-corrected chi connectivity index (χ4v) is 2.41. The Balaban J connectivity index is 2.44. The third-order valence-corrected chi connectivity index (χ3v) is 3.37. The standard InChI is InChI=1S/C12H18N4O3/c1-8(2)10-11(16(18)19)12(14(3)13-10)15-6-4-9(17)5-7-15/h8H,4-7H2,1-3H3. The van der Waals surface area contributed by atoms with Gasteiger partial charge in [-0.3, -0.25) is 14.9 Å². The molecule has 1 aliphatic heterocycles. The van der Waals surface area contributed by atoms with Crippen LogP contribution in [0, 0.1) is 10.1 Å². The van der Waals surface area contributed by atoms with Crippen molar-refractivity contribution in [2.24, 2.45) is 7.05 Å². The van der Waals surface area contributed by atoms with Crippen LogP contribution in [0.3, 0.4) is 0 Å². The summed E-state index contributed by atoms with van der Waals surface area (Å²) < 4.78 is 1.56.